The Morgan fingerprint density at radius 1 is 0.525 bits per heavy atom. The summed E-state index contributed by atoms with van der Waals surface area (Å²) in [6, 6.07) is 0. The van der Waals surface area contributed by atoms with Gasteiger partial charge in [-0.15, -0.1) is 0 Å². The molecule has 0 aliphatic heterocycles. The van der Waals surface area contributed by atoms with E-state index in [1.54, 1.807) is 0 Å². The van der Waals surface area contributed by atoms with Crippen molar-refractivity contribution in [1.29, 1.82) is 0 Å². The summed E-state index contributed by atoms with van der Waals surface area (Å²) < 4.78 is 27.7. The topological polar surface area (TPSA) is 85.2 Å². The summed E-state index contributed by atoms with van der Waals surface area (Å²) in [5.74, 6) is 4.39. The SMILES string of the molecule is CC(C)CCC[C@@H](C)CCC[C@@H](C)CCC[C@@H](C)CCOC[C@@H](COP(=O)(O)O)OCC[C@H](C)CCCC(C)C. The van der Waals surface area contributed by atoms with E-state index in [0.29, 0.717) is 31.7 Å². The van der Waals surface area contributed by atoms with Crippen molar-refractivity contribution in [3.8, 4) is 0 Å². The van der Waals surface area contributed by atoms with Gasteiger partial charge in [-0.25, -0.2) is 4.57 Å². The van der Waals surface area contributed by atoms with Crippen LogP contribution in [-0.2, 0) is 18.6 Å². The Morgan fingerprint density at radius 3 is 1.30 bits per heavy atom. The first-order valence-electron chi connectivity index (χ1n) is 16.7. The molecule has 0 unspecified atom stereocenters. The largest absolute Gasteiger partial charge is 0.469 e. The molecule has 242 valence electrons. The predicted octanol–water partition coefficient (Wildman–Crippen LogP) is 9.82. The Kier molecular flexibility index (Phi) is 24.5. The second-order valence-electron chi connectivity index (χ2n) is 13.9. The van der Waals surface area contributed by atoms with E-state index in [1.165, 1.54) is 77.0 Å². The van der Waals surface area contributed by atoms with Gasteiger partial charge >= 0.3 is 7.82 Å². The molecule has 7 heteroatoms. The molecule has 2 N–H and O–H groups in total. The van der Waals surface area contributed by atoms with Gasteiger partial charge < -0.3 is 19.3 Å². The highest BCUT2D eigenvalue weighted by Gasteiger charge is 2.19. The highest BCUT2D eigenvalue weighted by Crippen LogP contribution is 2.36. The first-order chi connectivity index (χ1) is 18.8. The molecule has 0 spiro atoms. The molecule has 0 heterocycles. The van der Waals surface area contributed by atoms with E-state index in [4.69, 9.17) is 23.8 Å². The van der Waals surface area contributed by atoms with Crippen molar-refractivity contribution < 1.29 is 28.3 Å². The molecule has 0 saturated heterocycles. The molecular weight excluding hydrogens is 523 g/mol. The van der Waals surface area contributed by atoms with Gasteiger partial charge in [0.1, 0.15) is 6.10 Å². The fourth-order valence-corrected chi connectivity index (χ4v) is 5.58. The molecule has 0 fully saturated rings. The van der Waals surface area contributed by atoms with E-state index in [1.807, 2.05) is 0 Å². The Morgan fingerprint density at radius 2 is 0.900 bits per heavy atom. The van der Waals surface area contributed by atoms with Crippen molar-refractivity contribution in [2.45, 2.75) is 151 Å². The Labute approximate surface area is 249 Å². The van der Waals surface area contributed by atoms with E-state index in [9.17, 15) is 4.57 Å². The third-order valence-corrected chi connectivity index (χ3v) is 8.68. The molecule has 0 amide bonds. The van der Waals surface area contributed by atoms with Crippen molar-refractivity contribution in [1.82, 2.24) is 0 Å². The van der Waals surface area contributed by atoms with E-state index in [2.05, 4.69) is 55.4 Å². The van der Waals surface area contributed by atoms with Gasteiger partial charge in [-0.05, 0) is 48.3 Å². The fraction of sp³-hybridized carbons (Fsp3) is 1.00. The zero-order chi connectivity index (χ0) is 30.4. The lowest BCUT2D eigenvalue weighted by molar-refractivity contribution is -0.0462. The summed E-state index contributed by atoms with van der Waals surface area (Å²) in [7, 11) is -4.53. The smallest absolute Gasteiger partial charge is 0.379 e. The van der Waals surface area contributed by atoms with Crippen molar-refractivity contribution in [3.63, 3.8) is 0 Å². The fourth-order valence-electron chi connectivity index (χ4n) is 5.22. The van der Waals surface area contributed by atoms with Crippen LogP contribution in [0.15, 0.2) is 0 Å². The van der Waals surface area contributed by atoms with Crippen LogP contribution < -0.4 is 0 Å². The van der Waals surface area contributed by atoms with E-state index in [-0.39, 0.29) is 6.61 Å². The Bertz CT molecular complexity index is 608. The summed E-state index contributed by atoms with van der Waals surface area (Å²) in [6.45, 7) is 19.8. The average Bonchev–Trinajstić information content (AvgIpc) is 2.83. The van der Waals surface area contributed by atoms with Crippen LogP contribution in [-0.4, -0.2) is 42.3 Å². The average molecular weight is 593 g/mol. The summed E-state index contributed by atoms with van der Waals surface area (Å²) in [6.07, 6.45) is 17.1. The minimum absolute atomic E-state index is 0.157. The van der Waals surface area contributed by atoms with Crippen LogP contribution in [0.25, 0.3) is 0 Å². The summed E-state index contributed by atoms with van der Waals surface area (Å²) >= 11 is 0. The molecule has 0 bridgehead atoms. The van der Waals surface area contributed by atoms with E-state index >= 15 is 0 Å². The van der Waals surface area contributed by atoms with Gasteiger partial charge in [0.25, 0.3) is 0 Å². The minimum Gasteiger partial charge on any atom is -0.379 e. The van der Waals surface area contributed by atoms with Crippen LogP contribution in [0.1, 0.15) is 145 Å². The van der Waals surface area contributed by atoms with Gasteiger partial charge in [-0.2, -0.15) is 0 Å². The molecule has 5 atom stereocenters. The van der Waals surface area contributed by atoms with Gasteiger partial charge in [-0.1, -0.05) is 132 Å². The summed E-state index contributed by atoms with van der Waals surface area (Å²) in [5, 5.41) is 0. The Hall–Kier alpha value is 0.0300. The maximum Gasteiger partial charge on any atom is 0.469 e. The van der Waals surface area contributed by atoms with E-state index < -0.39 is 13.9 Å². The summed E-state index contributed by atoms with van der Waals surface area (Å²) in [4.78, 5) is 18.2. The standard InChI is InChI=1S/C33H69O6P/c1-27(2)13-9-15-29(5)17-11-18-30(6)19-12-20-31(7)21-23-37-25-33(26-39-40(34,35)36)38-24-22-32(8)16-10-14-28(3)4/h27-33H,9-26H2,1-8H3,(H2,34,35,36)/t29-,30-,31-,32-,33+/m1/s1. The van der Waals surface area contributed by atoms with Crippen molar-refractivity contribution in [2.75, 3.05) is 26.4 Å². The third-order valence-electron chi connectivity index (χ3n) is 8.20. The van der Waals surface area contributed by atoms with Gasteiger partial charge in [0, 0.05) is 13.2 Å². The maximum absolute atomic E-state index is 11.2. The number of ether oxygens (including phenoxy) is 2. The molecule has 6 nitrogen and oxygen atoms in total. The quantitative estimate of drug-likeness (QED) is 0.0695. The van der Waals surface area contributed by atoms with Crippen LogP contribution in [0.5, 0.6) is 0 Å². The predicted molar refractivity (Wildman–Crippen MR) is 170 cm³/mol. The minimum atomic E-state index is -4.53. The van der Waals surface area contributed by atoms with Gasteiger partial charge in [-0.3, -0.25) is 4.52 Å². The van der Waals surface area contributed by atoms with Gasteiger partial charge in [0.2, 0.25) is 0 Å². The highest BCUT2D eigenvalue weighted by atomic mass is 31.2. The number of phosphoric acid groups is 1. The molecule has 0 aliphatic rings. The second-order valence-corrected chi connectivity index (χ2v) is 15.1. The van der Waals surface area contributed by atoms with Gasteiger partial charge in [0.05, 0.1) is 13.2 Å². The monoisotopic (exact) mass is 592 g/mol. The zero-order valence-corrected chi connectivity index (χ0v) is 28.6. The molecule has 0 radical (unpaired) electrons. The number of hydrogen-bond donors (Lipinski definition) is 2. The van der Waals surface area contributed by atoms with Crippen LogP contribution in [0.4, 0.5) is 0 Å². The molecule has 40 heavy (non-hydrogen) atoms. The van der Waals surface area contributed by atoms with Crippen molar-refractivity contribution in [2.24, 2.45) is 35.5 Å². The van der Waals surface area contributed by atoms with E-state index in [0.717, 1.165) is 36.5 Å². The first kappa shape index (κ1) is 40.0. The van der Waals surface area contributed by atoms with Crippen LogP contribution >= 0.6 is 7.82 Å². The Balaban J connectivity index is 4.07. The lowest BCUT2D eigenvalue weighted by Crippen LogP contribution is -2.26. The normalized spacial score (nSPS) is 16.4. The molecule has 0 aromatic heterocycles. The number of rotatable bonds is 28. The number of phosphoric ester groups is 1. The first-order valence-corrected chi connectivity index (χ1v) is 18.2. The maximum atomic E-state index is 11.2. The molecule has 0 aromatic carbocycles. The lowest BCUT2D eigenvalue weighted by atomic mass is 9.91. The summed E-state index contributed by atoms with van der Waals surface area (Å²) in [5.41, 5.74) is 0. The van der Waals surface area contributed by atoms with Crippen LogP contribution in [0.2, 0.25) is 0 Å². The lowest BCUT2D eigenvalue weighted by Gasteiger charge is -2.20. The molecule has 0 rings (SSSR count). The second kappa shape index (κ2) is 24.5. The molecule has 0 saturated carbocycles. The molecule has 0 aromatic rings. The van der Waals surface area contributed by atoms with Crippen LogP contribution in [0.3, 0.4) is 0 Å². The highest BCUT2D eigenvalue weighted by molar-refractivity contribution is 7.46. The number of hydrogen-bond acceptors (Lipinski definition) is 4. The zero-order valence-electron chi connectivity index (χ0n) is 27.7. The van der Waals surface area contributed by atoms with Crippen LogP contribution in [0, 0.1) is 35.5 Å². The molecule has 0 aliphatic carbocycles. The van der Waals surface area contributed by atoms with Gasteiger partial charge in [0.15, 0.2) is 0 Å². The van der Waals surface area contributed by atoms with Crippen molar-refractivity contribution >= 4 is 7.82 Å². The van der Waals surface area contributed by atoms with Crippen molar-refractivity contribution in [3.05, 3.63) is 0 Å². The third kappa shape index (κ3) is 28.2. The molecular formula is C33H69O6P.